The number of anilines is 1. The second-order valence-corrected chi connectivity index (χ2v) is 7.96. The van der Waals surface area contributed by atoms with E-state index in [1.165, 1.54) is 24.3 Å². The molecule has 0 saturated carbocycles. The van der Waals surface area contributed by atoms with Gasteiger partial charge in [0.05, 0.1) is 6.61 Å². The first kappa shape index (κ1) is 20.7. The normalized spacial score (nSPS) is 26.7. The lowest BCUT2D eigenvalue weighted by molar-refractivity contribution is -0.0524. The first-order valence-corrected chi connectivity index (χ1v) is 9.96. The fourth-order valence-corrected chi connectivity index (χ4v) is 3.63. The number of aromatic amines is 1. The minimum atomic E-state index is -4.32. The highest BCUT2D eigenvalue weighted by molar-refractivity contribution is 7.54. The van der Waals surface area contributed by atoms with Crippen molar-refractivity contribution in [3.63, 3.8) is 0 Å². The highest BCUT2D eigenvalue weighted by Gasteiger charge is 2.45. The molecule has 5 atom stereocenters. The lowest BCUT2D eigenvalue weighted by Crippen LogP contribution is -2.37. The van der Waals surface area contributed by atoms with Crippen LogP contribution in [-0.4, -0.2) is 49.6 Å². The van der Waals surface area contributed by atoms with E-state index in [0.29, 0.717) is 5.02 Å². The van der Waals surface area contributed by atoms with E-state index >= 15 is 0 Å². The molecule has 2 heterocycles. The van der Waals surface area contributed by atoms with Crippen LogP contribution in [0.1, 0.15) is 6.23 Å². The highest BCUT2D eigenvalue weighted by Crippen LogP contribution is 2.43. The maximum absolute atomic E-state index is 12.2. The molecule has 3 rings (SSSR count). The fourth-order valence-electron chi connectivity index (χ4n) is 2.62. The molecule has 1 aliphatic rings. The molecule has 1 unspecified atom stereocenters. The summed E-state index contributed by atoms with van der Waals surface area (Å²) < 4.78 is 23.4. The first-order chi connectivity index (χ1) is 13.2. The summed E-state index contributed by atoms with van der Waals surface area (Å²) in [6, 6.07) is 7.01. The number of hydrogen-bond acceptors (Lipinski definition) is 7. The summed E-state index contributed by atoms with van der Waals surface area (Å²) >= 11 is 5.74. The van der Waals surface area contributed by atoms with Gasteiger partial charge in [-0.15, -0.1) is 0 Å². The second kappa shape index (κ2) is 8.18. The maximum Gasteiger partial charge on any atom is 0.430 e. The smallest absolute Gasteiger partial charge is 0.387 e. The summed E-state index contributed by atoms with van der Waals surface area (Å²) in [5.41, 5.74) is -1.20. The summed E-state index contributed by atoms with van der Waals surface area (Å²) in [5, 5.41) is 23.0. The number of benzene rings is 1. The predicted molar refractivity (Wildman–Crippen MR) is 98.1 cm³/mol. The van der Waals surface area contributed by atoms with Gasteiger partial charge in [0.2, 0.25) is 0 Å². The van der Waals surface area contributed by atoms with Gasteiger partial charge in [0, 0.05) is 23.0 Å². The summed E-state index contributed by atoms with van der Waals surface area (Å²) in [4.78, 5) is 34.9. The number of H-pyrrole nitrogens is 1. The number of rotatable bonds is 6. The molecule has 11 nitrogen and oxygen atoms in total. The molecule has 152 valence electrons. The molecule has 1 fully saturated rings. The van der Waals surface area contributed by atoms with E-state index in [4.69, 9.17) is 20.9 Å². The van der Waals surface area contributed by atoms with Crippen LogP contribution in [0.15, 0.2) is 46.1 Å². The molecule has 1 aromatic carbocycles. The Hall–Kier alpha value is -1.98. The summed E-state index contributed by atoms with van der Waals surface area (Å²) in [6.07, 6.45) is -4.44. The Balaban J connectivity index is 1.65. The summed E-state index contributed by atoms with van der Waals surface area (Å²) in [6.45, 7) is -0.554. The summed E-state index contributed by atoms with van der Waals surface area (Å²) in [5.74, 6) is 0. The van der Waals surface area contributed by atoms with Gasteiger partial charge in [0.25, 0.3) is 5.56 Å². The van der Waals surface area contributed by atoms with E-state index in [0.717, 1.165) is 16.8 Å². The fraction of sp³-hybridized carbons (Fsp3) is 0.333. The van der Waals surface area contributed by atoms with Crippen LogP contribution in [0.25, 0.3) is 0 Å². The van der Waals surface area contributed by atoms with Crippen LogP contribution < -0.4 is 16.3 Å². The molecular weight excluding hydrogens is 417 g/mol. The predicted octanol–water partition coefficient (Wildman–Crippen LogP) is 0.0383. The van der Waals surface area contributed by atoms with Gasteiger partial charge in [0.1, 0.15) is 18.3 Å². The molecule has 0 bridgehead atoms. The Morgan fingerprint density at radius 1 is 1.21 bits per heavy atom. The van der Waals surface area contributed by atoms with Crippen LogP contribution in [0.4, 0.5) is 5.69 Å². The van der Waals surface area contributed by atoms with Crippen LogP contribution in [0, 0.1) is 0 Å². The molecule has 5 N–H and O–H groups in total. The van der Waals surface area contributed by atoms with E-state index in [1.807, 2.05) is 4.98 Å². The topological polar surface area (TPSA) is 163 Å². The third-order valence-corrected chi connectivity index (χ3v) is 5.28. The van der Waals surface area contributed by atoms with Crippen molar-refractivity contribution in [3.05, 3.63) is 62.4 Å². The quantitative estimate of drug-likeness (QED) is 0.395. The zero-order chi connectivity index (χ0) is 20.5. The SMILES string of the molecule is O=c1ccn([C@@H]2O[C@H](COP(=O)(O)Nc3ccc(Cl)cc3)[C@@H](O)[C@H]2O)c(=O)[nH]1. The van der Waals surface area contributed by atoms with Gasteiger partial charge < -0.3 is 19.8 Å². The molecule has 1 saturated heterocycles. The van der Waals surface area contributed by atoms with E-state index in [-0.39, 0.29) is 5.69 Å². The van der Waals surface area contributed by atoms with Gasteiger partial charge in [-0.1, -0.05) is 11.6 Å². The van der Waals surface area contributed by atoms with Crippen molar-refractivity contribution in [2.75, 3.05) is 11.7 Å². The molecule has 0 aliphatic carbocycles. The Morgan fingerprint density at radius 3 is 2.54 bits per heavy atom. The van der Waals surface area contributed by atoms with Crippen LogP contribution in [0.5, 0.6) is 0 Å². The first-order valence-electron chi connectivity index (χ1n) is 8.00. The number of aromatic nitrogens is 2. The van der Waals surface area contributed by atoms with Crippen LogP contribution in [0.3, 0.4) is 0 Å². The van der Waals surface area contributed by atoms with Gasteiger partial charge in [-0.3, -0.25) is 24.0 Å². The Kier molecular flexibility index (Phi) is 6.06. The molecule has 13 heteroatoms. The number of nitrogens with zero attached hydrogens (tertiary/aromatic N) is 1. The third kappa shape index (κ3) is 4.70. The molecule has 2 aromatic rings. The van der Waals surface area contributed by atoms with Crippen molar-refractivity contribution in [1.29, 1.82) is 0 Å². The van der Waals surface area contributed by atoms with Gasteiger partial charge in [-0.05, 0) is 24.3 Å². The monoisotopic (exact) mass is 433 g/mol. The molecule has 1 aromatic heterocycles. The molecule has 28 heavy (non-hydrogen) atoms. The van der Waals surface area contributed by atoms with Crippen molar-refractivity contribution in [3.8, 4) is 0 Å². The van der Waals surface area contributed by atoms with Crippen LogP contribution >= 0.6 is 19.3 Å². The highest BCUT2D eigenvalue weighted by atomic mass is 35.5. The molecular formula is C15H17ClN3O8P. The lowest BCUT2D eigenvalue weighted by Gasteiger charge is -2.19. The molecule has 0 radical (unpaired) electrons. The van der Waals surface area contributed by atoms with Crippen molar-refractivity contribution in [1.82, 2.24) is 9.55 Å². The van der Waals surface area contributed by atoms with Crippen LogP contribution in [-0.2, 0) is 13.8 Å². The van der Waals surface area contributed by atoms with Gasteiger partial charge >= 0.3 is 13.4 Å². The number of aliphatic hydroxyl groups excluding tert-OH is 2. The standard InChI is InChI=1S/C15H17ClN3O8P/c16-8-1-3-9(4-2-8)18-28(24,25)26-7-10-12(21)13(22)14(27-10)19-6-5-11(20)17-15(19)23/h1-6,10,12-14,21-22H,7H2,(H,17,20,23)(H2,18,24,25)/t10-,12-,13-,14-/m1/s1. The van der Waals surface area contributed by atoms with Crippen molar-refractivity contribution in [2.45, 2.75) is 24.5 Å². The van der Waals surface area contributed by atoms with Crippen LogP contribution in [0.2, 0.25) is 5.02 Å². The average Bonchev–Trinajstić information content (AvgIpc) is 2.90. The summed E-state index contributed by atoms with van der Waals surface area (Å²) in [7, 11) is -4.32. The van der Waals surface area contributed by atoms with Gasteiger partial charge in [-0.2, -0.15) is 0 Å². The largest absolute Gasteiger partial charge is 0.430 e. The van der Waals surface area contributed by atoms with Crippen molar-refractivity contribution < 1.29 is 28.9 Å². The minimum absolute atomic E-state index is 0.279. The van der Waals surface area contributed by atoms with Gasteiger partial charge in [0.15, 0.2) is 6.23 Å². The van der Waals surface area contributed by atoms with Gasteiger partial charge in [-0.25, -0.2) is 9.36 Å². The Bertz CT molecular complexity index is 994. The second-order valence-electron chi connectivity index (χ2n) is 6.00. The van der Waals surface area contributed by atoms with E-state index < -0.39 is 50.1 Å². The van der Waals surface area contributed by atoms with E-state index in [2.05, 4.69) is 5.09 Å². The average molecular weight is 434 g/mol. The number of halogens is 1. The van der Waals surface area contributed by atoms with E-state index in [1.54, 1.807) is 0 Å². The molecule has 0 spiro atoms. The number of nitrogens with one attached hydrogen (secondary N) is 2. The number of ether oxygens (including phenoxy) is 1. The Labute approximate surface area is 162 Å². The molecule has 0 amide bonds. The Morgan fingerprint density at radius 2 is 1.89 bits per heavy atom. The van der Waals surface area contributed by atoms with Crippen molar-refractivity contribution >= 4 is 25.0 Å². The number of aliphatic hydroxyl groups is 2. The van der Waals surface area contributed by atoms with E-state index in [9.17, 15) is 29.3 Å². The van der Waals surface area contributed by atoms with Crippen molar-refractivity contribution in [2.24, 2.45) is 0 Å². The minimum Gasteiger partial charge on any atom is -0.387 e. The lowest BCUT2D eigenvalue weighted by atomic mass is 10.1. The maximum atomic E-state index is 12.2. The third-order valence-electron chi connectivity index (χ3n) is 3.99. The molecule has 1 aliphatic heterocycles. The zero-order valence-electron chi connectivity index (χ0n) is 14.1. The number of hydrogen-bond donors (Lipinski definition) is 5. The zero-order valence-corrected chi connectivity index (χ0v) is 15.8.